The normalized spacial score (nSPS) is 24.2. The summed E-state index contributed by atoms with van der Waals surface area (Å²) in [5.41, 5.74) is 0.913. The van der Waals surface area contributed by atoms with Crippen LogP contribution in [0.4, 0.5) is 0 Å². The number of esters is 2. The molecule has 1 fully saturated rings. The summed E-state index contributed by atoms with van der Waals surface area (Å²) in [7, 11) is 0. The molecule has 4 heteroatoms. The van der Waals surface area contributed by atoms with Crippen molar-refractivity contribution in [1.29, 1.82) is 0 Å². The molecule has 0 bridgehead atoms. The molecule has 16 heavy (non-hydrogen) atoms. The maximum absolute atomic E-state index is 11.6. The molecule has 1 rings (SSSR count). The van der Waals surface area contributed by atoms with Crippen molar-refractivity contribution in [1.82, 2.24) is 0 Å². The molecule has 0 aromatic heterocycles. The molecule has 0 aromatic carbocycles. The summed E-state index contributed by atoms with van der Waals surface area (Å²) >= 11 is 0. The number of allylic oxidation sites excluding steroid dienone is 1. The number of carbonyl (C=O) groups is 2. The molecule has 0 spiro atoms. The molecule has 0 aliphatic heterocycles. The Morgan fingerprint density at radius 1 is 1.12 bits per heavy atom. The lowest BCUT2D eigenvalue weighted by atomic mass is 9.96. The molecule has 4 nitrogen and oxygen atoms in total. The second kappa shape index (κ2) is 5.68. The van der Waals surface area contributed by atoms with Crippen LogP contribution in [0.25, 0.3) is 0 Å². The Labute approximate surface area is 95.6 Å². The molecule has 0 heterocycles. The van der Waals surface area contributed by atoms with Crippen molar-refractivity contribution in [2.45, 2.75) is 26.7 Å². The SMILES string of the molecule is C=C1C[C@H](C(=O)OCC)[C@@H](C(=O)OCC)C1. The molecule has 1 aliphatic carbocycles. The molecule has 90 valence electrons. The van der Waals surface area contributed by atoms with Gasteiger partial charge in [0.1, 0.15) is 0 Å². The first-order valence-electron chi connectivity index (χ1n) is 5.60. The minimum atomic E-state index is -0.411. The minimum Gasteiger partial charge on any atom is -0.466 e. The molecular weight excluding hydrogens is 208 g/mol. The average molecular weight is 226 g/mol. The Morgan fingerprint density at radius 2 is 1.50 bits per heavy atom. The summed E-state index contributed by atoms with van der Waals surface area (Å²) in [6.07, 6.45) is 1.06. The van der Waals surface area contributed by atoms with Crippen LogP contribution in [0.15, 0.2) is 12.2 Å². The van der Waals surface area contributed by atoms with E-state index in [2.05, 4.69) is 6.58 Å². The lowest BCUT2D eigenvalue weighted by Crippen LogP contribution is -2.28. The third-order valence-electron chi connectivity index (χ3n) is 2.68. The van der Waals surface area contributed by atoms with Crippen molar-refractivity contribution in [3.8, 4) is 0 Å². The molecule has 0 unspecified atom stereocenters. The van der Waals surface area contributed by atoms with Gasteiger partial charge in [0.05, 0.1) is 25.0 Å². The van der Waals surface area contributed by atoms with Crippen LogP contribution in [0.1, 0.15) is 26.7 Å². The van der Waals surface area contributed by atoms with Crippen molar-refractivity contribution < 1.29 is 19.1 Å². The highest BCUT2D eigenvalue weighted by Gasteiger charge is 2.41. The van der Waals surface area contributed by atoms with Crippen LogP contribution >= 0.6 is 0 Å². The lowest BCUT2D eigenvalue weighted by molar-refractivity contribution is -0.158. The maximum atomic E-state index is 11.6. The fourth-order valence-electron chi connectivity index (χ4n) is 1.98. The Balaban J connectivity index is 2.69. The molecule has 0 radical (unpaired) electrons. The van der Waals surface area contributed by atoms with Crippen molar-refractivity contribution in [2.24, 2.45) is 11.8 Å². The maximum Gasteiger partial charge on any atom is 0.310 e. The Hall–Kier alpha value is -1.32. The number of rotatable bonds is 4. The largest absolute Gasteiger partial charge is 0.466 e. The van der Waals surface area contributed by atoms with Crippen LogP contribution < -0.4 is 0 Å². The first-order chi connectivity index (χ1) is 7.60. The summed E-state index contributed by atoms with van der Waals surface area (Å²) in [6.45, 7) is 7.99. The van der Waals surface area contributed by atoms with E-state index in [0.717, 1.165) is 5.57 Å². The molecule has 1 saturated carbocycles. The van der Waals surface area contributed by atoms with E-state index in [9.17, 15) is 9.59 Å². The van der Waals surface area contributed by atoms with Crippen molar-refractivity contribution in [3.63, 3.8) is 0 Å². The Bertz CT molecular complexity index is 267. The monoisotopic (exact) mass is 226 g/mol. The summed E-state index contributed by atoms with van der Waals surface area (Å²) in [5.74, 6) is -1.46. The van der Waals surface area contributed by atoms with Gasteiger partial charge in [-0.15, -0.1) is 0 Å². The molecule has 0 saturated heterocycles. The van der Waals surface area contributed by atoms with Gasteiger partial charge in [0.25, 0.3) is 0 Å². The zero-order chi connectivity index (χ0) is 12.1. The predicted molar refractivity (Wildman–Crippen MR) is 58.6 cm³/mol. The summed E-state index contributed by atoms with van der Waals surface area (Å²) < 4.78 is 9.89. The predicted octanol–water partition coefficient (Wildman–Crippen LogP) is 1.70. The van der Waals surface area contributed by atoms with Gasteiger partial charge in [-0.3, -0.25) is 9.59 Å². The van der Waals surface area contributed by atoms with E-state index in [4.69, 9.17) is 9.47 Å². The van der Waals surface area contributed by atoms with Crippen LogP contribution in [0.2, 0.25) is 0 Å². The lowest BCUT2D eigenvalue weighted by Gasteiger charge is -2.15. The zero-order valence-corrected chi connectivity index (χ0v) is 9.82. The summed E-state index contributed by atoms with van der Waals surface area (Å²) in [6, 6.07) is 0. The molecule has 0 amide bonds. The third-order valence-corrected chi connectivity index (χ3v) is 2.68. The van der Waals surface area contributed by atoms with E-state index in [-0.39, 0.29) is 11.9 Å². The van der Waals surface area contributed by atoms with Gasteiger partial charge in [-0.1, -0.05) is 12.2 Å². The molecule has 1 aliphatic rings. The first kappa shape index (κ1) is 12.7. The smallest absolute Gasteiger partial charge is 0.310 e. The highest BCUT2D eigenvalue weighted by atomic mass is 16.5. The topological polar surface area (TPSA) is 52.6 Å². The van der Waals surface area contributed by atoms with Crippen LogP contribution in [0, 0.1) is 11.8 Å². The molecular formula is C12H18O4. The molecule has 0 aromatic rings. The fraction of sp³-hybridized carbons (Fsp3) is 0.667. The van der Waals surface area contributed by atoms with Gasteiger partial charge in [0.2, 0.25) is 0 Å². The second-order valence-electron chi connectivity index (χ2n) is 3.88. The standard InChI is InChI=1S/C12H18O4/c1-4-15-11(13)9-6-8(3)7-10(9)12(14)16-5-2/h9-10H,3-7H2,1-2H3/t9-,10-/m0/s1. The van der Waals surface area contributed by atoms with Crippen LogP contribution in [-0.2, 0) is 19.1 Å². The van der Waals surface area contributed by atoms with E-state index in [1.54, 1.807) is 13.8 Å². The Kier molecular flexibility index (Phi) is 4.52. The number of hydrogen-bond donors (Lipinski definition) is 0. The quantitative estimate of drug-likeness (QED) is 0.540. The van der Waals surface area contributed by atoms with Gasteiger partial charge in [-0.2, -0.15) is 0 Å². The second-order valence-corrected chi connectivity index (χ2v) is 3.88. The average Bonchev–Trinajstić information content (AvgIpc) is 2.61. The van der Waals surface area contributed by atoms with Gasteiger partial charge < -0.3 is 9.47 Å². The van der Waals surface area contributed by atoms with E-state index < -0.39 is 11.8 Å². The highest BCUT2D eigenvalue weighted by molar-refractivity contribution is 5.83. The Morgan fingerprint density at radius 3 is 1.81 bits per heavy atom. The number of carbonyl (C=O) groups excluding carboxylic acids is 2. The van der Waals surface area contributed by atoms with E-state index in [1.165, 1.54) is 0 Å². The highest BCUT2D eigenvalue weighted by Crippen LogP contribution is 2.36. The van der Waals surface area contributed by atoms with E-state index >= 15 is 0 Å². The first-order valence-corrected chi connectivity index (χ1v) is 5.60. The number of hydrogen-bond acceptors (Lipinski definition) is 4. The molecule has 2 atom stereocenters. The van der Waals surface area contributed by atoms with E-state index in [0.29, 0.717) is 26.1 Å². The van der Waals surface area contributed by atoms with Crippen LogP contribution in [0.5, 0.6) is 0 Å². The summed E-state index contributed by atoms with van der Waals surface area (Å²) in [5, 5.41) is 0. The van der Waals surface area contributed by atoms with Crippen molar-refractivity contribution in [3.05, 3.63) is 12.2 Å². The van der Waals surface area contributed by atoms with Gasteiger partial charge in [0.15, 0.2) is 0 Å². The molecule has 0 N–H and O–H groups in total. The fourth-order valence-corrected chi connectivity index (χ4v) is 1.98. The number of ether oxygens (including phenoxy) is 2. The van der Waals surface area contributed by atoms with Crippen molar-refractivity contribution in [2.75, 3.05) is 13.2 Å². The van der Waals surface area contributed by atoms with E-state index in [1.807, 2.05) is 0 Å². The van der Waals surface area contributed by atoms with Crippen molar-refractivity contribution >= 4 is 11.9 Å². The zero-order valence-electron chi connectivity index (χ0n) is 9.82. The summed E-state index contributed by atoms with van der Waals surface area (Å²) in [4.78, 5) is 23.3. The van der Waals surface area contributed by atoms with Gasteiger partial charge in [-0.25, -0.2) is 0 Å². The van der Waals surface area contributed by atoms with Gasteiger partial charge in [-0.05, 0) is 26.7 Å². The van der Waals surface area contributed by atoms with Crippen LogP contribution in [0.3, 0.4) is 0 Å². The van der Waals surface area contributed by atoms with Gasteiger partial charge in [0, 0.05) is 0 Å². The minimum absolute atomic E-state index is 0.320. The van der Waals surface area contributed by atoms with Gasteiger partial charge >= 0.3 is 11.9 Å². The van der Waals surface area contributed by atoms with Crippen LogP contribution in [-0.4, -0.2) is 25.2 Å². The third kappa shape index (κ3) is 2.84.